The molecule has 0 bridgehead atoms. The Balaban J connectivity index is 2.45. The summed E-state index contributed by atoms with van der Waals surface area (Å²) in [5.74, 6) is -0.193. The average molecular weight is 268 g/mol. The van der Waals surface area contributed by atoms with E-state index in [1.165, 1.54) is 17.4 Å². The predicted octanol–water partition coefficient (Wildman–Crippen LogP) is 2.13. The summed E-state index contributed by atoms with van der Waals surface area (Å²) in [5.41, 5.74) is -0.801. The third-order valence-corrected chi connectivity index (χ3v) is 3.82. The topological polar surface area (TPSA) is 62.2 Å². The average Bonchev–Trinajstić information content (AvgIpc) is 2.79. The number of aromatic nitrogens is 1. The summed E-state index contributed by atoms with van der Waals surface area (Å²) < 4.78 is 0. The number of aryl methyl sites for hydroxylation is 1. The molecule has 4 nitrogen and oxygen atoms in total. The third kappa shape index (κ3) is 4.58. The highest BCUT2D eigenvalue weighted by molar-refractivity contribution is 7.12. The third-order valence-electron chi connectivity index (χ3n) is 2.95. The molecule has 1 aromatic heterocycles. The first-order valence-corrected chi connectivity index (χ1v) is 6.91. The number of hydrogen-bond acceptors (Lipinski definition) is 4. The van der Waals surface area contributed by atoms with Crippen LogP contribution >= 0.6 is 11.3 Å². The molecule has 0 radical (unpaired) electrons. The zero-order valence-corrected chi connectivity index (χ0v) is 11.9. The first kappa shape index (κ1) is 14.9. The number of thiazole rings is 1. The fourth-order valence-corrected chi connectivity index (χ4v) is 2.11. The van der Waals surface area contributed by atoms with Crippen LogP contribution in [0.25, 0.3) is 6.08 Å². The molecule has 1 rings (SSSR count). The molecule has 0 aliphatic carbocycles. The van der Waals surface area contributed by atoms with Gasteiger partial charge in [0.2, 0.25) is 5.91 Å². The molecule has 0 saturated heterocycles. The number of hydrogen-bond donors (Lipinski definition) is 2. The number of aliphatic hydroxyl groups is 1. The highest BCUT2D eigenvalue weighted by Gasteiger charge is 2.22. The Morgan fingerprint density at radius 1 is 1.56 bits per heavy atom. The van der Waals surface area contributed by atoms with Crippen molar-refractivity contribution in [2.24, 2.45) is 0 Å². The Hall–Kier alpha value is -1.20. The Labute approximate surface area is 112 Å². The molecule has 0 fully saturated rings. The van der Waals surface area contributed by atoms with Gasteiger partial charge in [0, 0.05) is 23.7 Å². The summed E-state index contributed by atoms with van der Waals surface area (Å²) in [7, 11) is 0. The van der Waals surface area contributed by atoms with Crippen molar-refractivity contribution in [2.45, 2.75) is 39.2 Å². The zero-order valence-electron chi connectivity index (χ0n) is 11.1. The van der Waals surface area contributed by atoms with E-state index in [4.69, 9.17) is 0 Å². The predicted molar refractivity (Wildman–Crippen MR) is 74.4 cm³/mol. The highest BCUT2D eigenvalue weighted by Crippen LogP contribution is 2.14. The van der Waals surface area contributed by atoms with Crippen LogP contribution in [0, 0.1) is 6.92 Å². The number of nitrogens with one attached hydrogen (secondary N) is 1. The quantitative estimate of drug-likeness (QED) is 0.777. The van der Waals surface area contributed by atoms with Gasteiger partial charge >= 0.3 is 0 Å². The second-order valence-corrected chi connectivity index (χ2v) is 5.53. The molecule has 0 saturated carbocycles. The summed E-state index contributed by atoms with van der Waals surface area (Å²) in [6.45, 7) is 6.02. The largest absolute Gasteiger partial charge is 0.388 e. The number of nitrogens with zero attached hydrogens (tertiary/aromatic N) is 1. The number of rotatable bonds is 6. The van der Waals surface area contributed by atoms with E-state index < -0.39 is 5.60 Å². The summed E-state index contributed by atoms with van der Waals surface area (Å²) in [5, 5.41) is 13.7. The molecular weight excluding hydrogens is 248 g/mol. The van der Waals surface area contributed by atoms with Gasteiger partial charge in [0.25, 0.3) is 0 Å². The minimum atomic E-state index is -0.801. The maximum atomic E-state index is 11.6. The van der Waals surface area contributed by atoms with Gasteiger partial charge in [0.15, 0.2) is 0 Å². The van der Waals surface area contributed by atoms with Gasteiger partial charge in [-0.05, 0) is 25.8 Å². The van der Waals surface area contributed by atoms with Gasteiger partial charge in [0.05, 0.1) is 10.6 Å². The second kappa shape index (κ2) is 6.66. The monoisotopic (exact) mass is 268 g/mol. The lowest BCUT2D eigenvalue weighted by molar-refractivity contribution is -0.117. The zero-order chi connectivity index (χ0) is 13.6. The van der Waals surface area contributed by atoms with Crippen LogP contribution in [0.1, 0.15) is 36.6 Å². The Morgan fingerprint density at radius 3 is 2.72 bits per heavy atom. The van der Waals surface area contributed by atoms with Gasteiger partial charge in [-0.15, -0.1) is 11.3 Å². The van der Waals surface area contributed by atoms with Gasteiger partial charge in [-0.1, -0.05) is 13.8 Å². The van der Waals surface area contributed by atoms with Crippen molar-refractivity contribution in [1.29, 1.82) is 0 Å². The smallest absolute Gasteiger partial charge is 0.244 e. The van der Waals surface area contributed by atoms with Crippen molar-refractivity contribution in [3.05, 3.63) is 22.2 Å². The molecule has 5 heteroatoms. The van der Waals surface area contributed by atoms with Crippen LogP contribution in [0.15, 0.2) is 12.3 Å². The number of carbonyl (C=O) groups excluding carboxylic acids is 1. The van der Waals surface area contributed by atoms with E-state index in [9.17, 15) is 9.90 Å². The van der Waals surface area contributed by atoms with Crippen molar-refractivity contribution in [1.82, 2.24) is 10.3 Å². The van der Waals surface area contributed by atoms with Crippen LogP contribution < -0.4 is 5.32 Å². The number of carbonyl (C=O) groups is 1. The highest BCUT2D eigenvalue weighted by atomic mass is 32.1. The minimum absolute atomic E-state index is 0.193. The molecule has 0 spiro atoms. The molecule has 0 atom stereocenters. The number of amides is 1. The van der Waals surface area contributed by atoms with E-state index in [0.29, 0.717) is 12.8 Å². The second-order valence-electron chi connectivity index (χ2n) is 4.26. The van der Waals surface area contributed by atoms with Crippen LogP contribution in [0.3, 0.4) is 0 Å². The van der Waals surface area contributed by atoms with Crippen molar-refractivity contribution >= 4 is 23.3 Å². The van der Waals surface area contributed by atoms with Crippen molar-refractivity contribution < 1.29 is 9.90 Å². The molecule has 0 unspecified atom stereocenters. The maximum Gasteiger partial charge on any atom is 0.244 e. The van der Waals surface area contributed by atoms with Crippen molar-refractivity contribution in [2.75, 3.05) is 6.54 Å². The standard InChI is InChI=1S/C13H20N2O2S/c1-4-13(17,5-2)9-15-12(16)7-6-11-8-14-10(3)18-11/h6-8,17H,4-5,9H2,1-3H3,(H,15,16). The van der Waals surface area contributed by atoms with Gasteiger partial charge in [-0.25, -0.2) is 4.98 Å². The van der Waals surface area contributed by atoms with E-state index in [1.54, 1.807) is 12.3 Å². The van der Waals surface area contributed by atoms with Crippen LogP contribution in [0.5, 0.6) is 0 Å². The normalized spacial score (nSPS) is 12.0. The van der Waals surface area contributed by atoms with Crippen LogP contribution in [0.4, 0.5) is 0 Å². The fourth-order valence-electron chi connectivity index (χ4n) is 1.42. The summed E-state index contributed by atoms with van der Waals surface area (Å²) in [6.07, 6.45) is 6.19. The van der Waals surface area contributed by atoms with Crippen LogP contribution in [-0.4, -0.2) is 28.1 Å². The lowest BCUT2D eigenvalue weighted by atomic mass is 9.98. The molecule has 2 N–H and O–H groups in total. The van der Waals surface area contributed by atoms with E-state index in [2.05, 4.69) is 10.3 Å². The molecule has 18 heavy (non-hydrogen) atoms. The van der Waals surface area contributed by atoms with Crippen LogP contribution in [0.2, 0.25) is 0 Å². The lowest BCUT2D eigenvalue weighted by Crippen LogP contribution is -2.41. The fraction of sp³-hybridized carbons (Fsp3) is 0.538. The first-order chi connectivity index (χ1) is 8.49. The lowest BCUT2D eigenvalue weighted by Gasteiger charge is -2.24. The van der Waals surface area contributed by atoms with Crippen molar-refractivity contribution in [3.63, 3.8) is 0 Å². The first-order valence-electron chi connectivity index (χ1n) is 6.10. The molecule has 1 amide bonds. The van der Waals surface area contributed by atoms with Gasteiger partial charge in [-0.3, -0.25) is 4.79 Å². The minimum Gasteiger partial charge on any atom is -0.388 e. The molecule has 1 heterocycles. The Bertz CT molecular complexity index is 422. The van der Waals surface area contributed by atoms with Crippen LogP contribution in [-0.2, 0) is 4.79 Å². The van der Waals surface area contributed by atoms with E-state index >= 15 is 0 Å². The SMILES string of the molecule is CCC(O)(CC)CNC(=O)C=Cc1cnc(C)s1. The molecule has 0 aliphatic rings. The summed E-state index contributed by atoms with van der Waals surface area (Å²) in [4.78, 5) is 16.6. The van der Waals surface area contributed by atoms with E-state index in [0.717, 1.165) is 9.88 Å². The molecule has 1 aromatic rings. The van der Waals surface area contributed by atoms with Gasteiger partial charge < -0.3 is 10.4 Å². The Morgan fingerprint density at radius 2 is 2.22 bits per heavy atom. The maximum absolute atomic E-state index is 11.6. The van der Waals surface area contributed by atoms with Gasteiger partial charge in [-0.2, -0.15) is 0 Å². The van der Waals surface area contributed by atoms with E-state index in [-0.39, 0.29) is 12.5 Å². The van der Waals surface area contributed by atoms with Crippen molar-refractivity contribution in [3.8, 4) is 0 Å². The Kier molecular flexibility index (Phi) is 5.50. The summed E-state index contributed by atoms with van der Waals surface area (Å²) in [6, 6.07) is 0. The van der Waals surface area contributed by atoms with E-state index in [1.807, 2.05) is 20.8 Å². The summed E-state index contributed by atoms with van der Waals surface area (Å²) >= 11 is 1.54. The molecule has 100 valence electrons. The molecule has 0 aliphatic heterocycles. The molecular formula is C13H20N2O2S. The van der Waals surface area contributed by atoms with Gasteiger partial charge in [0.1, 0.15) is 0 Å². The molecule has 0 aromatic carbocycles.